The molecule has 1 saturated heterocycles. The van der Waals surface area contributed by atoms with Gasteiger partial charge in [0.2, 0.25) is 5.91 Å². The van der Waals surface area contributed by atoms with Crippen molar-refractivity contribution in [3.05, 3.63) is 35.9 Å². The summed E-state index contributed by atoms with van der Waals surface area (Å²) in [6, 6.07) is 10.00. The maximum atomic E-state index is 12.3. The van der Waals surface area contributed by atoms with E-state index in [1.165, 1.54) is 0 Å². The maximum absolute atomic E-state index is 12.3. The molecule has 1 aromatic rings. The molecule has 1 N–H and O–H groups in total. The zero-order valence-electron chi connectivity index (χ0n) is 12.2. The van der Waals surface area contributed by atoms with Crippen LogP contribution in [0.1, 0.15) is 24.8 Å². The number of carbonyl (C=O) groups excluding carboxylic acids is 1. The van der Waals surface area contributed by atoms with Gasteiger partial charge in [-0.2, -0.15) is 0 Å². The fourth-order valence-electron chi connectivity index (χ4n) is 2.54. The van der Waals surface area contributed by atoms with Gasteiger partial charge in [-0.1, -0.05) is 37.3 Å². The molecule has 0 saturated carbocycles. The molecule has 4 nitrogen and oxygen atoms in total. The van der Waals surface area contributed by atoms with Gasteiger partial charge in [-0.25, -0.2) is 0 Å². The highest BCUT2D eigenvalue weighted by Crippen LogP contribution is 2.18. The normalized spacial score (nSPS) is 17.6. The van der Waals surface area contributed by atoms with Crippen molar-refractivity contribution in [2.45, 2.75) is 19.3 Å². The van der Waals surface area contributed by atoms with Crippen molar-refractivity contribution in [1.82, 2.24) is 10.2 Å². The van der Waals surface area contributed by atoms with Gasteiger partial charge in [0, 0.05) is 26.2 Å². The van der Waals surface area contributed by atoms with E-state index in [1.807, 2.05) is 30.3 Å². The van der Waals surface area contributed by atoms with Gasteiger partial charge < -0.3 is 10.1 Å². The summed E-state index contributed by atoms with van der Waals surface area (Å²) in [5.41, 5.74) is 1.10. The lowest BCUT2D eigenvalue weighted by molar-refractivity contribution is -0.122. The molecule has 1 aliphatic rings. The zero-order valence-corrected chi connectivity index (χ0v) is 12.2. The summed E-state index contributed by atoms with van der Waals surface area (Å²) in [6.07, 6.45) is 0.827. The monoisotopic (exact) mass is 276 g/mol. The van der Waals surface area contributed by atoms with Crippen molar-refractivity contribution in [1.29, 1.82) is 0 Å². The second-order valence-electron chi connectivity index (χ2n) is 5.12. The lowest BCUT2D eigenvalue weighted by Crippen LogP contribution is -2.42. The van der Waals surface area contributed by atoms with Crippen molar-refractivity contribution in [3.63, 3.8) is 0 Å². The van der Waals surface area contributed by atoms with Gasteiger partial charge in [0.25, 0.3) is 0 Å². The first-order chi connectivity index (χ1) is 9.81. The van der Waals surface area contributed by atoms with Crippen LogP contribution in [0.5, 0.6) is 0 Å². The van der Waals surface area contributed by atoms with Gasteiger partial charge in [-0.05, 0) is 12.0 Å². The summed E-state index contributed by atoms with van der Waals surface area (Å²) < 4.78 is 5.31. The number of nitrogens with one attached hydrogen (secondary N) is 1. The molecule has 1 fully saturated rings. The molecule has 1 heterocycles. The van der Waals surface area contributed by atoms with Crippen LogP contribution in [0, 0.1) is 0 Å². The molecule has 2 rings (SSSR count). The highest BCUT2D eigenvalue weighted by atomic mass is 16.5. The van der Waals surface area contributed by atoms with Gasteiger partial charge in [0.05, 0.1) is 19.1 Å². The molecule has 1 aromatic carbocycles. The van der Waals surface area contributed by atoms with Crippen LogP contribution in [-0.4, -0.2) is 50.2 Å². The van der Waals surface area contributed by atoms with Crippen LogP contribution in [0.2, 0.25) is 0 Å². The molecule has 0 unspecified atom stereocenters. The molecule has 20 heavy (non-hydrogen) atoms. The second-order valence-corrected chi connectivity index (χ2v) is 5.12. The summed E-state index contributed by atoms with van der Waals surface area (Å²) in [4.78, 5) is 14.6. The first kappa shape index (κ1) is 15.0. The van der Waals surface area contributed by atoms with E-state index in [9.17, 15) is 4.79 Å². The van der Waals surface area contributed by atoms with E-state index in [2.05, 4.69) is 17.1 Å². The number of nitrogens with zero attached hydrogens (tertiary/aromatic N) is 1. The predicted octanol–water partition coefficient (Wildman–Crippen LogP) is 1.63. The number of carbonyl (C=O) groups is 1. The summed E-state index contributed by atoms with van der Waals surface area (Å²) >= 11 is 0. The van der Waals surface area contributed by atoms with E-state index in [1.54, 1.807) is 0 Å². The average molecular weight is 276 g/mol. The largest absolute Gasteiger partial charge is 0.379 e. The Morgan fingerprint density at radius 1 is 1.30 bits per heavy atom. The zero-order chi connectivity index (χ0) is 14.2. The maximum Gasteiger partial charge on any atom is 0.227 e. The van der Waals surface area contributed by atoms with Crippen LogP contribution < -0.4 is 5.32 Å². The van der Waals surface area contributed by atoms with Crippen LogP contribution in [0.25, 0.3) is 0 Å². The van der Waals surface area contributed by atoms with Crippen LogP contribution >= 0.6 is 0 Å². The molecule has 1 atom stereocenters. The van der Waals surface area contributed by atoms with Gasteiger partial charge in [0.15, 0.2) is 0 Å². The Morgan fingerprint density at radius 2 is 2.00 bits per heavy atom. The first-order valence-corrected chi connectivity index (χ1v) is 7.44. The van der Waals surface area contributed by atoms with Crippen LogP contribution in [0.3, 0.4) is 0 Å². The number of benzene rings is 1. The van der Waals surface area contributed by atoms with Crippen LogP contribution in [0.15, 0.2) is 30.3 Å². The van der Waals surface area contributed by atoms with E-state index >= 15 is 0 Å². The molecular formula is C16H24N2O2. The fraction of sp³-hybridized carbons (Fsp3) is 0.562. The van der Waals surface area contributed by atoms with Crippen molar-refractivity contribution < 1.29 is 9.53 Å². The Labute approximate surface area is 121 Å². The van der Waals surface area contributed by atoms with Crippen molar-refractivity contribution in [3.8, 4) is 0 Å². The van der Waals surface area contributed by atoms with Gasteiger partial charge in [-0.15, -0.1) is 0 Å². The van der Waals surface area contributed by atoms with E-state index in [-0.39, 0.29) is 11.8 Å². The molecular weight excluding hydrogens is 252 g/mol. The Morgan fingerprint density at radius 3 is 2.65 bits per heavy atom. The topological polar surface area (TPSA) is 41.6 Å². The van der Waals surface area contributed by atoms with E-state index in [0.29, 0.717) is 6.54 Å². The lowest BCUT2D eigenvalue weighted by atomic mass is 9.96. The molecule has 110 valence electrons. The Bertz CT molecular complexity index is 402. The highest BCUT2D eigenvalue weighted by molar-refractivity contribution is 5.83. The molecule has 0 radical (unpaired) electrons. The first-order valence-electron chi connectivity index (χ1n) is 7.44. The third-order valence-electron chi connectivity index (χ3n) is 3.76. The van der Waals surface area contributed by atoms with E-state index < -0.39 is 0 Å². The minimum absolute atomic E-state index is 0.0408. The van der Waals surface area contributed by atoms with E-state index in [0.717, 1.165) is 44.8 Å². The molecule has 1 aliphatic heterocycles. The molecule has 0 aromatic heterocycles. The molecule has 4 heteroatoms. The molecule has 0 aliphatic carbocycles. The number of rotatable bonds is 6. The molecule has 0 bridgehead atoms. The predicted molar refractivity (Wildman–Crippen MR) is 79.7 cm³/mol. The standard InChI is InChI=1S/C16H24N2O2/c1-2-15(14-6-4-3-5-7-14)16(19)17-8-9-18-10-12-20-13-11-18/h3-7,15H,2,8-13H2,1H3,(H,17,19)/t15-/m0/s1. The van der Waals surface area contributed by atoms with E-state index in [4.69, 9.17) is 4.74 Å². The third-order valence-corrected chi connectivity index (χ3v) is 3.76. The number of morpholine rings is 1. The summed E-state index contributed by atoms with van der Waals surface area (Å²) in [5.74, 6) is 0.0906. The minimum atomic E-state index is -0.0408. The summed E-state index contributed by atoms with van der Waals surface area (Å²) in [6.45, 7) is 7.20. The average Bonchev–Trinajstić information content (AvgIpc) is 2.50. The highest BCUT2D eigenvalue weighted by Gasteiger charge is 2.18. The van der Waals surface area contributed by atoms with Crippen molar-refractivity contribution in [2.75, 3.05) is 39.4 Å². The SMILES string of the molecule is CC[C@H](C(=O)NCCN1CCOCC1)c1ccccc1. The minimum Gasteiger partial charge on any atom is -0.379 e. The summed E-state index contributed by atoms with van der Waals surface area (Å²) in [7, 11) is 0. The van der Waals surface area contributed by atoms with Gasteiger partial charge >= 0.3 is 0 Å². The number of amides is 1. The van der Waals surface area contributed by atoms with Crippen molar-refractivity contribution in [2.24, 2.45) is 0 Å². The number of ether oxygens (including phenoxy) is 1. The fourth-order valence-corrected chi connectivity index (χ4v) is 2.54. The smallest absolute Gasteiger partial charge is 0.227 e. The molecule has 1 amide bonds. The Balaban J connectivity index is 1.78. The number of hydrogen-bond acceptors (Lipinski definition) is 3. The van der Waals surface area contributed by atoms with Crippen LogP contribution in [0.4, 0.5) is 0 Å². The Hall–Kier alpha value is -1.39. The van der Waals surface area contributed by atoms with Gasteiger partial charge in [0.1, 0.15) is 0 Å². The van der Waals surface area contributed by atoms with Crippen LogP contribution in [-0.2, 0) is 9.53 Å². The summed E-state index contributed by atoms with van der Waals surface area (Å²) in [5, 5.41) is 3.06. The Kier molecular flexibility index (Phi) is 6.02. The second kappa shape index (κ2) is 8.02. The molecule has 0 spiro atoms. The lowest BCUT2D eigenvalue weighted by Gasteiger charge is -2.26. The van der Waals surface area contributed by atoms with Crippen molar-refractivity contribution >= 4 is 5.91 Å². The number of hydrogen-bond donors (Lipinski definition) is 1. The van der Waals surface area contributed by atoms with Gasteiger partial charge in [-0.3, -0.25) is 9.69 Å². The third kappa shape index (κ3) is 4.32. The quantitative estimate of drug-likeness (QED) is 0.858.